The quantitative estimate of drug-likeness (QED) is 0.0664. The van der Waals surface area contributed by atoms with Crippen LogP contribution in [0.5, 0.6) is 0 Å². The monoisotopic (exact) mass is 1040 g/mol. The lowest BCUT2D eigenvalue weighted by molar-refractivity contribution is 0.0974. The van der Waals surface area contributed by atoms with Crippen molar-refractivity contribution in [2.24, 2.45) is 0 Å². The van der Waals surface area contributed by atoms with Crippen molar-refractivity contribution < 1.29 is 14.7 Å². The number of carbonyl (C=O) groups excluding carboxylic acids is 2. The molecule has 0 spiro atoms. The zero-order valence-corrected chi connectivity index (χ0v) is 45.7. The predicted octanol–water partition coefficient (Wildman–Crippen LogP) is 9.01. The zero-order chi connectivity index (χ0) is 54.3. The number of rotatable bonds is 16. The first kappa shape index (κ1) is 54.1. The fourth-order valence-corrected chi connectivity index (χ4v) is 9.50. The number of hydrogen-bond acceptors (Lipinski definition) is 15. The van der Waals surface area contributed by atoms with Gasteiger partial charge in [0.05, 0.1) is 64.0 Å². The summed E-state index contributed by atoms with van der Waals surface area (Å²) in [7, 11) is 0. The van der Waals surface area contributed by atoms with Crippen LogP contribution < -0.4 is 16.0 Å². The largest absolute Gasteiger partial charge is 0.395 e. The van der Waals surface area contributed by atoms with Gasteiger partial charge >= 0.3 is 0 Å². The van der Waals surface area contributed by atoms with Crippen LogP contribution in [0.2, 0.25) is 0 Å². The van der Waals surface area contributed by atoms with Gasteiger partial charge in [-0.3, -0.25) is 33.2 Å². The summed E-state index contributed by atoms with van der Waals surface area (Å²) in [6.45, 7) is 22.7. The third kappa shape index (κ3) is 13.8. The van der Waals surface area contributed by atoms with E-state index in [0.717, 1.165) is 114 Å². The summed E-state index contributed by atoms with van der Waals surface area (Å²) in [4.78, 5) is 45.5. The number of ketones is 2. The Balaban J connectivity index is 0.000000188. The molecule has 0 radical (unpaired) electrons. The maximum Gasteiger partial charge on any atom is 0.166 e. The minimum atomic E-state index is -0.151. The Morgan fingerprint density at radius 2 is 1.13 bits per heavy atom. The molecule has 0 saturated carbocycles. The molecule has 0 bridgehead atoms. The van der Waals surface area contributed by atoms with Gasteiger partial charge in [0.25, 0.3) is 0 Å². The van der Waals surface area contributed by atoms with Gasteiger partial charge in [0.15, 0.2) is 23.2 Å². The highest BCUT2D eigenvalue weighted by molar-refractivity contribution is 5.96. The van der Waals surface area contributed by atoms with E-state index in [2.05, 4.69) is 148 Å². The molecule has 402 valence electrons. The average Bonchev–Trinajstić information content (AvgIpc) is 4.22. The van der Waals surface area contributed by atoms with E-state index in [9.17, 15) is 14.7 Å². The van der Waals surface area contributed by atoms with E-state index in [-0.39, 0.29) is 29.3 Å². The molecule has 8 aromatic rings. The van der Waals surface area contributed by atoms with Gasteiger partial charge in [-0.05, 0) is 122 Å². The number of aromatic nitrogens is 12. The molecule has 0 aliphatic carbocycles. The molecule has 77 heavy (non-hydrogen) atoms. The maximum absolute atomic E-state index is 12.8. The van der Waals surface area contributed by atoms with Crippen LogP contribution in [0.1, 0.15) is 122 Å². The van der Waals surface area contributed by atoms with Crippen molar-refractivity contribution in [2.75, 3.05) is 36.9 Å². The van der Waals surface area contributed by atoms with E-state index in [4.69, 9.17) is 5.10 Å². The number of benzene rings is 2. The number of hydrogen-bond donors (Lipinski definition) is 4. The highest BCUT2D eigenvalue weighted by atomic mass is 16.3. The fraction of sp³-hybridized carbons (Fsp3) is 0.414. The fourth-order valence-electron chi connectivity index (χ4n) is 9.50. The van der Waals surface area contributed by atoms with Crippen LogP contribution in [-0.4, -0.2) is 107 Å². The standard InChI is InChI=1S/C30H38N8O2.C28H34N8O/c1-21-14-23(7-6-22(21)8-9-27(40)24-17-33-38(18-24)30(2,3)4)26-16-28(32-20-31-26)34-29-15-25-19-36(12-13-39)10-5-11-37(25)35-29;1-19-12-21(7-6-20(19)8-9-25(37)22-15-32-36(17-22)28(2,3)4)24-14-26(31-18-30-24)33-27-13-23-16-29-10-5-11-35(23)34-27/h6-7,14-18,20,39H,5,8-13,19H2,1-4H3,(H,31,32,34,35);6-7,12-15,17-18,29H,5,8-11,16H2,1-4H3,(H,30,31,33,34). The number of aliphatic hydroxyl groups is 1. The number of nitrogens with zero attached hydrogens (tertiary/aromatic N) is 13. The Labute approximate surface area is 450 Å². The molecule has 8 heterocycles. The molecular formula is C58H72N16O3. The Morgan fingerprint density at radius 1 is 0.623 bits per heavy atom. The smallest absolute Gasteiger partial charge is 0.166 e. The van der Waals surface area contributed by atoms with Gasteiger partial charge in [0, 0.05) is 99.9 Å². The maximum atomic E-state index is 12.8. The second-order valence-corrected chi connectivity index (χ2v) is 22.0. The summed E-state index contributed by atoms with van der Waals surface area (Å²) in [5.74, 6) is 3.12. The van der Waals surface area contributed by atoms with Crippen molar-refractivity contribution in [1.82, 2.24) is 69.3 Å². The molecule has 4 N–H and O–H groups in total. The van der Waals surface area contributed by atoms with Crippen LogP contribution in [0.4, 0.5) is 23.3 Å². The summed E-state index contributed by atoms with van der Waals surface area (Å²) in [5.41, 5.74) is 11.5. The molecule has 0 saturated heterocycles. The van der Waals surface area contributed by atoms with Crippen LogP contribution in [-0.2, 0) is 50.1 Å². The lowest BCUT2D eigenvalue weighted by Crippen LogP contribution is -2.26. The molecular weight excluding hydrogens is 969 g/mol. The van der Waals surface area contributed by atoms with E-state index in [1.807, 2.05) is 55.4 Å². The van der Waals surface area contributed by atoms with Crippen LogP contribution in [0.3, 0.4) is 0 Å². The van der Waals surface area contributed by atoms with Gasteiger partial charge in [0.2, 0.25) is 0 Å². The number of carbonyl (C=O) groups is 2. The number of Topliss-reactive ketones (excluding diaryl/α,β-unsaturated/α-hetero) is 2. The zero-order valence-electron chi connectivity index (χ0n) is 45.7. The average molecular weight is 1040 g/mol. The number of aliphatic hydroxyl groups excluding tert-OH is 1. The van der Waals surface area contributed by atoms with E-state index in [1.54, 1.807) is 25.0 Å². The number of anilines is 4. The summed E-state index contributed by atoms with van der Waals surface area (Å²) in [6.07, 6.45) is 14.4. The molecule has 0 amide bonds. The molecule has 19 heteroatoms. The molecule has 6 aromatic heterocycles. The lowest BCUT2D eigenvalue weighted by atomic mass is 9.98. The summed E-state index contributed by atoms with van der Waals surface area (Å²) in [5, 5.41) is 37.5. The van der Waals surface area contributed by atoms with E-state index in [0.29, 0.717) is 55.0 Å². The Morgan fingerprint density at radius 3 is 1.62 bits per heavy atom. The van der Waals surface area contributed by atoms with Crippen LogP contribution >= 0.6 is 0 Å². The third-order valence-electron chi connectivity index (χ3n) is 14.0. The van der Waals surface area contributed by atoms with Gasteiger partial charge in [-0.15, -0.1) is 0 Å². The van der Waals surface area contributed by atoms with Crippen LogP contribution in [0, 0.1) is 13.8 Å². The van der Waals surface area contributed by atoms with Crippen molar-refractivity contribution in [3.05, 3.63) is 143 Å². The Bertz CT molecular complexity index is 3310. The molecule has 0 atom stereocenters. The Hall–Kier alpha value is -7.74. The van der Waals surface area contributed by atoms with E-state index >= 15 is 0 Å². The van der Waals surface area contributed by atoms with E-state index < -0.39 is 0 Å². The van der Waals surface area contributed by atoms with Gasteiger partial charge in [-0.1, -0.05) is 24.3 Å². The molecule has 2 aliphatic heterocycles. The molecule has 10 rings (SSSR count). The van der Waals surface area contributed by atoms with E-state index in [1.165, 1.54) is 5.69 Å². The first-order valence-corrected chi connectivity index (χ1v) is 26.7. The topological polar surface area (TPSA) is 217 Å². The molecule has 0 unspecified atom stereocenters. The summed E-state index contributed by atoms with van der Waals surface area (Å²) in [6, 6.07) is 20.5. The highest BCUT2D eigenvalue weighted by Gasteiger charge is 2.21. The lowest BCUT2D eigenvalue weighted by Gasteiger charge is -2.18. The predicted molar refractivity (Wildman–Crippen MR) is 298 cm³/mol. The second kappa shape index (κ2) is 23.7. The van der Waals surface area contributed by atoms with Crippen molar-refractivity contribution in [2.45, 2.75) is 131 Å². The van der Waals surface area contributed by atoms with Crippen molar-refractivity contribution in [3.8, 4) is 22.5 Å². The molecule has 19 nitrogen and oxygen atoms in total. The molecule has 0 fully saturated rings. The number of β-amino-alcohol motifs (C(OH)–C–C–N with tert-alkyl or cyclic N) is 1. The highest BCUT2D eigenvalue weighted by Crippen LogP contribution is 2.28. The number of fused-ring (bicyclic) bond motifs is 2. The van der Waals surface area contributed by atoms with Gasteiger partial charge in [-0.2, -0.15) is 20.4 Å². The SMILES string of the molecule is Cc1cc(-c2cc(Nc3cc4n(n3)CCCN(CCO)C4)ncn2)ccc1CCC(=O)c1cnn(C(C)(C)C)c1.Cc1cc(-c2cc(Nc3cc4n(n3)CCCNC4)ncn2)ccc1CCC(=O)c1cnn(C(C)(C)C)c1. The van der Waals surface area contributed by atoms with Crippen molar-refractivity contribution in [1.29, 1.82) is 0 Å². The molecule has 2 aromatic carbocycles. The molecule has 2 aliphatic rings. The van der Waals surface area contributed by atoms with Crippen molar-refractivity contribution >= 4 is 34.8 Å². The normalized spacial score (nSPS) is 13.9. The minimum Gasteiger partial charge on any atom is -0.395 e. The van der Waals surface area contributed by atoms with Crippen molar-refractivity contribution in [3.63, 3.8) is 0 Å². The van der Waals surface area contributed by atoms with Gasteiger partial charge in [0.1, 0.15) is 24.3 Å². The van der Waals surface area contributed by atoms with Crippen LogP contribution in [0.25, 0.3) is 22.5 Å². The first-order chi connectivity index (χ1) is 36.9. The number of aryl methyl sites for hydroxylation is 6. The summed E-state index contributed by atoms with van der Waals surface area (Å²) >= 11 is 0. The summed E-state index contributed by atoms with van der Waals surface area (Å²) < 4.78 is 7.75. The van der Waals surface area contributed by atoms with Gasteiger partial charge in [-0.25, -0.2) is 19.9 Å². The Kier molecular flexibility index (Phi) is 16.6. The van der Waals surface area contributed by atoms with Crippen LogP contribution in [0.15, 0.2) is 98.1 Å². The minimum absolute atomic E-state index is 0.100. The first-order valence-electron chi connectivity index (χ1n) is 26.7. The van der Waals surface area contributed by atoms with Gasteiger partial charge < -0.3 is 21.1 Å². The third-order valence-corrected chi connectivity index (χ3v) is 14.0. The number of nitrogens with one attached hydrogen (secondary N) is 3. The second-order valence-electron chi connectivity index (χ2n) is 22.0.